The minimum absolute atomic E-state index is 0.0801. The van der Waals surface area contributed by atoms with Crippen LogP contribution < -0.4 is 0 Å². The molecule has 1 aromatic heterocycles. The molecule has 0 spiro atoms. The fourth-order valence-corrected chi connectivity index (χ4v) is 2.66. The van der Waals surface area contributed by atoms with Crippen molar-refractivity contribution < 1.29 is 13.6 Å². The lowest BCUT2D eigenvalue weighted by molar-refractivity contribution is 0.103. The van der Waals surface area contributed by atoms with Gasteiger partial charge in [0.05, 0.1) is 14.9 Å². The van der Waals surface area contributed by atoms with Crippen molar-refractivity contribution >= 4 is 33.0 Å². The Hall–Kier alpha value is -1.07. The van der Waals surface area contributed by atoms with E-state index in [1.54, 1.807) is 18.4 Å². The predicted octanol–water partition coefficient (Wildman–Crippen LogP) is 4.33. The van der Waals surface area contributed by atoms with Crippen molar-refractivity contribution in [3.8, 4) is 0 Å². The number of carbonyl (C=O) groups is 1. The predicted molar refractivity (Wildman–Crippen MR) is 66.5 cm³/mol. The number of halogens is 3. The molecule has 0 saturated carbocycles. The van der Waals surface area contributed by atoms with Gasteiger partial charge in [0.2, 0.25) is 5.78 Å². The molecule has 1 nitrogen and oxygen atoms in total. The molecule has 0 N–H and O–H groups in total. The highest BCUT2D eigenvalue weighted by Crippen LogP contribution is 2.27. The SMILES string of the molecule is Cc1ccsc1C(=O)c1c(F)ccc(Br)c1F. The van der Waals surface area contributed by atoms with E-state index in [-0.39, 0.29) is 4.47 Å². The Morgan fingerprint density at radius 3 is 2.59 bits per heavy atom. The average Bonchev–Trinajstić information content (AvgIpc) is 2.70. The Morgan fingerprint density at radius 1 is 1.29 bits per heavy atom. The zero-order valence-corrected chi connectivity index (χ0v) is 11.2. The molecule has 0 fully saturated rings. The molecule has 0 aliphatic rings. The van der Waals surface area contributed by atoms with Gasteiger partial charge in [0.15, 0.2) is 5.82 Å². The second-order valence-corrected chi connectivity index (χ2v) is 5.25. The van der Waals surface area contributed by atoms with Crippen molar-refractivity contribution in [3.63, 3.8) is 0 Å². The quantitative estimate of drug-likeness (QED) is 0.595. The number of rotatable bonds is 2. The van der Waals surface area contributed by atoms with Crippen LogP contribution in [-0.2, 0) is 0 Å². The molecule has 5 heteroatoms. The lowest BCUT2D eigenvalue weighted by Crippen LogP contribution is -2.07. The lowest BCUT2D eigenvalue weighted by Gasteiger charge is -2.05. The van der Waals surface area contributed by atoms with Gasteiger partial charge in [0.25, 0.3) is 0 Å². The fourth-order valence-electron chi connectivity index (χ4n) is 1.45. The Morgan fingerprint density at radius 2 is 2.00 bits per heavy atom. The average molecular weight is 317 g/mol. The highest BCUT2D eigenvalue weighted by atomic mass is 79.9. The monoisotopic (exact) mass is 316 g/mol. The number of thiophene rings is 1. The molecule has 0 bridgehead atoms. The first-order valence-corrected chi connectivity index (χ1v) is 6.42. The molecule has 0 unspecified atom stereocenters. The summed E-state index contributed by atoms with van der Waals surface area (Å²) in [4.78, 5) is 12.4. The van der Waals surface area contributed by atoms with Crippen molar-refractivity contribution in [2.75, 3.05) is 0 Å². The highest BCUT2D eigenvalue weighted by molar-refractivity contribution is 9.10. The molecule has 0 saturated heterocycles. The van der Waals surface area contributed by atoms with Crippen LogP contribution in [0.15, 0.2) is 28.1 Å². The van der Waals surface area contributed by atoms with Crippen LogP contribution in [0, 0.1) is 18.6 Å². The smallest absolute Gasteiger partial charge is 0.209 e. The summed E-state index contributed by atoms with van der Waals surface area (Å²) < 4.78 is 27.3. The van der Waals surface area contributed by atoms with Crippen molar-refractivity contribution in [3.05, 3.63) is 55.7 Å². The Balaban J connectivity index is 2.59. The van der Waals surface area contributed by atoms with E-state index in [0.29, 0.717) is 4.88 Å². The van der Waals surface area contributed by atoms with Crippen LogP contribution in [0.1, 0.15) is 20.8 Å². The van der Waals surface area contributed by atoms with Crippen molar-refractivity contribution in [2.24, 2.45) is 0 Å². The van der Waals surface area contributed by atoms with E-state index in [1.165, 1.54) is 17.4 Å². The Kier molecular flexibility index (Phi) is 3.40. The molecular formula is C12H7BrF2OS. The van der Waals surface area contributed by atoms with Gasteiger partial charge in [-0.15, -0.1) is 11.3 Å². The van der Waals surface area contributed by atoms with Gasteiger partial charge in [-0.3, -0.25) is 4.79 Å². The molecular weight excluding hydrogens is 310 g/mol. The fraction of sp³-hybridized carbons (Fsp3) is 0.0833. The lowest BCUT2D eigenvalue weighted by atomic mass is 10.1. The van der Waals surface area contributed by atoms with Crippen molar-refractivity contribution in [1.82, 2.24) is 0 Å². The third-order valence-electron chi connectivity index (χ3n) is 2.34. The summed E-state index contributed by atoms with van der Waals surface area (Å²) in [5.41, 5.74) is 0.212. The van der Waals surface area contributed by atoms with Crippen LogP contribution in [-0.4, -0.2) is 5.78 Å². The van der Waals surface area contributed by atoms with E-state index in [4.69, 9.17) is 0 Å². The van der Waals surface area contributed by atoms with Gasteiger partial charge in [0.1, 0.15) is 5.82 Å². The molecule has 0 radical (unpaired) electrons. The maximum absolute atomic E-state index is 13.7. The number of hydrogen-bond donors (Lipinski definition) is 0. The maximum atomic E-state index is 13.7. The van der Waals surface area contributed by atoms with Crippen molar-refractivity contribution in [1.29, 1.82) is 0 Å². The molecule has 17 heavy (non-hydrogen) atoms. The summed E-state index contributed by atoms with van der Waals surface area (Å²) in [6.45, 7) is 1.73. The van der Waals surface area contributed by atoms with Crippen LogP contribution in [0.4, 0.5) is 8.78 Å². The summed E-state index contributed by atoms with van der Waals surface area (Å²) in [5, 5.41) is 1.72. The summed E-state index contributed by atoms with van der Waals surface area (Å²) in [6, 6.07) is 4.05. The van der Waals surface area contributed by atoms with Crippen LogP contribution in [0.5, 0.6) is 0 Å². The first-order valence-electron chi connectivity index (χ1n) is 4.74. The second kappa shape index (κ2) is 4.66. The van der Waals surface area contributed by atoms with E-state index in [2.05, 4.69) is 15.9 Å². The number of hydrogen-bond acceptors (Lipinski definition) is 2. The minimum Gasteiger partial charge on any atom is -0.287 e. The van der Waals surface area contributed by atoms with Gasteiger partial charge in [-0.2, -0.15) is 0 Å². The van der Waals surface area contributed by atoms with Crippen LogP contribution in [0.2, 0.25) is 0 Å². The van der Waals surface area contributed by atoms with E-state index < -0.39 is 23.0 Å². The van der Waals surface area contributed by atoms with Gasteiger partial charge < -0.3 is 0 Å². The number of carbonyl (C=O) groups excluding carboxylic acids is 1. The maximum Gasteiger partial charge on any atom is 0.209 e. The zero-order valence-electron chi connectivity index (χ0n) is 8.76. The molecule has 2 aromatic rings. The van der Waals surface area contributed by atoms with Crippen LogP contribution >= 0.6 is 27.3 Å². The molecule has 88 valence electrons. The number of ketones is 1. The molecule has 0 aliphatic carbocycles. The summed E-state index contributed by atoms with van der Waals surface area (Å²) in [5.74, 6) is -2.32. The standard InChI is InChI=1S/C12H7BrF2OS/c1-6-4-5-17-12(6)11(16)9-8(14)3-2-7(13)10(9)15/h2-5H,1H3. The van der Waals surface area contributed by atoms with E-state index >= 15 is 0 Å². The first kappa shape index (κ1) is 12.4. The summed E-state index contributed by atoms with van der Waals surface area (Å²) in [6.07, 6.45) is 0. The highest BCUT2D eigenvalue weighted by Gasteiger charge is 2.22. The molecule has 1 aromatic carbocycles. The minimum atomic E-state index is -0.859. The summed E-state index contributed by atoms with van der Waals surface area (Å²) >= 11 is 4.12. The van der Waals surface area contributed by atoms with Crippen LogP contribution in [0.25, 0.3) is 0 Å². The second-order valence-electron chi connectivity index (χ2n) is 3.48. The van der Waals surface area contributed by atoms with Gasteiger partial charge >= 0.3 is 0 Å². The molecule has 1 heterocycles. The first-order chi connectivity index (χ1) is 8.02. The zero-order chi connectivity index (χ0) is 12.6. The van der Waals surface area contributed by atoms with Gasteiger partial charge in [-0.1, -0.05) is 0 Å². The normalized spacial score (nSPS) is 10.6. The number of aryl methyl sites for hydroxylation is 1. The topological polar surface area (TPSA) is 17.1 Å². The van der Waals surface area contributed by atoms with E-state index in [9.17, 15) is 13.6 Å². The third-order valence-corrected chi connectivity index (χ3v) is 3.97. The molecule has 0 aliphatic heterocycles. The van der Waals surface area contributed by atoms with Gasteiger partial charge in [-0.25, -0.2) is 8.78 Å². The van der Waals surface area contributed by atoms with Crippen molar-refractivity contribution in [2.45, 2.75) is 6.92 Å². The van der Waals surface area contributed by atoms with E-state index in [0.717, 1.165) is 11.6 Å². The van der Waals surface area contributed by atoms with E-state index in [1.807, 2.05) is 0 Å². The molecule has 2 rings (SSSR count). The van der Waals surface area contributed by atoms with Gasteiger partial charge in [0, 0.05) is 0 Å². The third kappa shape index (κ3) is 2.17. The van der Waals surface area contributed by atoms with Gasteiger partial charge in [-0.05, 0) is 52.0 Å². The van der Waals surface area contributed by atoms with Crippen LogP contribution in [0.3, 0.4) is 0 Å². The Bertz CT molecular complexity index is 592. The Labute approximate surface area is 109 Å². The summed E-state index contributed by atoms with van der Waals surface area (Å²) in [7, 11) is 0. The molecule has 0 atom stereocenters. The largest absolute Gasteiger partial charge is 0.287 e. The number of benzene rings is 1. The molecule has 0 amide bonds.